The summed E-state index contributed by atoms with van der Waals surface area (Å²) < 4.78 is 5.42. The molecule has 4 rings (SSSR count). The highest BCUT2D eigenvalue weighted by Crippen LogP contribution is 2.29. The molecule has 1 aliphatic rings. The Bertz CT molecular complexity index is 1210. The van der Waals surface area contributed by atoms with Crippen LogP contribution in [0.2, 0.25) is 0 Å². The molecule has 0 aliphatic carbocycles. The van der Waals surface area contributed by atoms with Crippen LogP contribution in [0.4, 0.5) is 5.69 Å². The van der Waals surface area contributed by atoms with Gasteiger partial charge in [-0.05, 0) is 43.3 Å². The van der Waals surface area contributed by atoms with Crippen LogP contribution in [-0.2, 0) is 22.5 Å². The highest BCUT2D eigenvalue weighted by atomic mass is 16.5. The lowest BCUT2D eigenvalue weighted by Gasteiger charge is -2.29. The van der Waals surface area contributed by atoms with Gasteiger partial charge in [0.15, 0.2) is 6.61 Å². The minimum atomic E-state index is -0.549. The average Bonchev–Trinajstić information content (AvgIpc) is 2.81. The number of ether oxygens (including phenoxy) is 1. The molecule has 0 radical (unpaired) electrons. The molecule has 0 spiro atoms. The van der Waals surface area contributed by atoms with Crippen molar-refractivity contribution in [2.45, 2.75) is 26.3 Å². The summed E-state index contributed by atoms with van der Waals surface area (Å²) in [7, 11) is 0. The van der Waals surface area contributed by atoms with Crippen LogP contribution in [0.25, 0.3) is 10.9 Å². The molecule has 2 amide bonds. The van der Waals surface area contributed by atoms with Crippen LogP contribution in [0.1, 0.15) is 45.3 Å². The summed E-state index contributed by atoms with van der Waals surface area (Å²) in [5.74, 6) is -1.57. The maximum atomic E-state index is 13.2. The molecule has 0 bridgehead atoms. The molecule has 8 nitrogen and oxygen atoms in total. The average molecular weight is 447 g/mol. The van der Waals surface area contributed by atoms with Gasteiger partial charge >= 0.3 is 5.97 Å². The van der Waals surface area contributed by atoms with Gasteiger partial charge in [0.2, 0.25) is 5.91 Å². The molecular weight excluding hydrogens is 420 g/mol. The molecular formula is C25H26N4O4. The van der Waals surface area contributed by atoms with E-state index in [4.69, 9.17) is 15.5 Å². The Morgan fingerprint density at radius 2 is 1.88 bits per heavy atom. The van der Waals surface area contributed by atoms with E-state index in [-0.39, 0.29) is 0 Å². The number of nitrogens with two attached hydrogens (primary N) is 1. The Morgan fingerprint density at radius 3 is 2.61 bits per heavy atom. The second-order valence-corrected chi connectivity index (χ2v) is 8.02. The van der Waals surface area contributed by atoms with Crippen molar-refractivity contribution in [2.75, 3.05) is 25.0 Å². The van der Waals surface area contributed by atoms with Crippen molar-refractivity contribution in [1.82, 2.24) is 9.88 Å². The van der Waals surface area contributed by atoms with Crippen molar-refractivity contribution < 1.29 is 19.1 Å². The first kappa shape index (κ1) is 22.4. The monoisotopic (exact) mass is 446 g/mol. The third-order valence-corrected chi connectivity index (χ3v) is 5.66. The summed E-state index contributed by atoms with van der Waals surface area (Å²) in [4.78, 5) is 43.8. The van der Waals surface area contributed by atoms with Crippen molar-refractivity contribution in [3.05, 3.63) is 70.9 Å². The molecule has 0 unspecified atom stereocenters. The number of anilines is 1. The molecule has 1 aromatic heterocycles. The molecule has 1 aliphatic heterocycles. The number of para-hydroxylation sites is 1. The first-order chi connectivity index (χ1) is 16.0. The van der Waals surface area contributed by atoms with Crippen LogP contribution in [-0.4, -0.2) is 47.4 Å². The van der Waals surface area contributed by atoms with E-state index in [2.05, 4.69) is 17.1 Å². The summed E-state index contributed by atoms with van der Waals surface area (Å²) in [5.41, 5.74) is 9.05. The number of benzene rings is 2. The number of hydrogen-bond donors (Lipinski definition) is 2. The van der Waals surface area contributed by atoms with Gasteiger partial charge in [-0.1, -0.05) is 25.1 Å². The number of rotatable bonds is 7. The largest absolute Gasteiger partial charge is 0.452 e. The Morgan fingerprint density at radius 1 is 1.12 bits per heavy atom. The predicted octanol–water partition coefficient (Wildman–Crippen LogP) is 2.90. The topological polar surface area (TPSA) is 115 Å². The van der Waals surface area contributed by atoms with Gasteiger partial charge in [-0.2, -0.15) is 0 Å². The fraction of sp³-hybridized carbons (Fsp3) is 0.280. The zero-order valence-electron chi connectivity index (χ0n) is 18.5. The first-order valence-electron chi connectivity index (χ1n) is 11.0. The molecule has 3 aromatic rings. The Balaban J connectivity index is 1.52. The summed E-state index contributed by atoms with van der Waals surface area (Å²) in [6.07, 6.45) is 1.79. The number of nitrogens with one attached hydrogen (secondary N) is 1. The van der Waals surface area contributed by atoms with Crippen LogP contribution in [0.5, 0.6) is 0 Å². The van der Waals surface area contributed by atoms with Crippen molar-refractivity contribution in [3.63, 3.8) is 0 Å². The van der Waals surface area contributed by atoms with Gasteiger partial charge in [0.1, 0.15) is 0 Å². The number of carbonyl (C=O) groups is 3. The fourth-order valence-corrected chi connectivity index (χ4v) is 4.10. The molecule has 33 heavy (non-hydrogen) atoms. The normalized spacial score (nSPS) is 13.4. The van der Waals surface area contributed by atoms with Crippen molar-refractivity contribution in [3.8, 4) is 0 Å². The number of hydrogen-bond acceptors (Lipinski definition) is 6. The lowest BCUT2D eigenvalue weighted by Crippen LogP contribution is -2.33. The summed E-state index contributed by atoms with van der Waals surface area (Å²) in [5, 5.41) is 3.37. The Hall–Kier alpha value is -3.78. The van der Waals surface area contributed by atoms with E-state index in [1.807, 2.05) is 24.3 Å². The van der Waals surface area contributed by atoms with E-state index in [0.717, 1.165) is 48.1 Å². The first-order valence-corrected chi connectivity index (χ1v) is 11.0. The highest BCUT2D eigenvalue weighted by molar-refractivity contribution is 6.06. The lowest BCUT2D eigenvalue weighted by atomic mass is 9.95. The van der Waals surface area contributed by atoms with E-state index in [0.29, 0.717) is 23.4 Å². The third-order valence-electron chi connectivity index (χ3n) is 5.66. The molecule has 0 saturated heterocycles. The number of primary amides is 1. The molecule has 8 heteroatoms. The van der Waals surface area contributed by atoms with E-state index in [9.17, 15) is 14.4 Å². The second-order valence-electron chi connectivity index (χ2n) is 8.02. The van der Waals surface area contributed by atoms with E-state index >= 15 is 0 Å². The van der Waals surface area contributed by atoms with Crippen LogP contribution in [0, 0.1) is 0 Å². The number of esters is 1. The molecule has 2 heterocycles. The van der Waals surface area contributed by atoms with Gasteiger partial charge in [-0.15, -0.1) is 0 Å². The molecule has 0 fully saturated rings. The van der Waals surface area contributed by atoms with Crippen LogP contribution in [0.3, 0.4) is 0 Å². The molecule has 3 N–H and O–H groups in total. The predicted molar refractivity (Wildman–Crippen MR) is 125 cm³/mol. The minimum absolute atomic E-state index is 0.339. The van der Waals surface area contributed by atoms with Crippen molar-refractivity contribution in [2.24, 2.45) is 5.73 Å². The van der Waals surface area contributed by atoms with Gasteiger partial charge < -0.3 is 15.8 Å². The maximum Gasteiger partial charge on any atom is 0.339 e. The van der Waals surface area contributed by atoms with Gasteiger partial charge in [0, 0.05) is 47.4 Å². The van der Waals surface area contributed by atoms with Crippen molar-refractivity contribution >= 4 is 34.4 Å². The Labute approximate surface area is 191 Å². The van der Waals surface area contributed by atoms with Crippen molar-refractivity contribution in [1.29, 1.82) is 0 Å². The smallest absolute Gasteiger partial charge is 0.339 e. The van der Waals surface area contributed by atoms with Gasteiger partial charge in [0.05, 0.1) is 11.1 Å². The molecule has 0 saturated carbocycles. The maximum absolute atomic E-state index is 13.2. The van der Waals surface area contributed by atoms with E-state index in [1.54, 1.807) is 12.1 Å². The SMILES string of the molecule is CCCN1CCc2nc3ccccc3c(C(=O)OCC(=O)Nc3ccc(C(N)=O)cc3)c2C1. The number of nitrogens with zero attached hydrogens (tertiary/aromatic N) is 2. The lowest BCUT2D eigenvalue weighted by molar-refractivity contribution is -0.119. The number of fused-ring (bicyclic) bond motifs is 2. The molecule has 2 aromatic carbocycles. The quantitative estimate of drug-likeness (QED) is 0.540. The van der Waals surface area contributed by atoms with Gasteiger partial charge in [0.25, 0.3) is 5.91 Å². The number of pyridine rings is 1. The van der Waals surface area contributed by atoms with E-state index in [1.165, 1.54) is 12.1 Å². The van der Waals surface area contributed by atoms with Crippen LogP contribution < -0.4 is 11.1 Å². The number of aromatic nitrogens is 1. The standard InChI is InChI=1S/C25H26N4O4/c1-2-12-29-13-11-21-19(14-29)23(18-5-3-4-6-20(18)28-21)25(32)33-15-22(30)27-17-9-7-16(8-10-17)24(26)31/h3-10H,2,11-15H2,1H3,(H2,26,31)(H,27,30). The summed E-state index contributed by atoms with van der Waals surface area (Å²) in [6.45, 7) is 4.17. The molecule has 0 atom stereocenters. The zero-order valence-corrected chi connectivity index (χ0v) is 18.5. The minimum Gasteiger partial charge on any atom is -0.452 e. The highest BCUT2D eigenvalue weighted by Gasteiger charge is 2.26. The molecule has 170 valence electrons. The number of carbonyl (C=O) groups excluding carboxylic acids is 3. The van der Waals surface area contributed by atoms with Crippen LogP contribution in [0.15, 0.2) is 48.5 Å². The van der Waals surface area contributed by atoms with Gasteiger partial charge in [-0.25, -0.2) is 4.79 Å². The summed E-state index contributed by atoms with van der Waals surface area (Å²) >= 11 is 0. The van der Waals surface area contributed by atoms with Gasteiger partial charge in [-0.3, -0.25) is 19.5 Å². The summed E-state index contributed by atoms with van der Waals surface area (Å²) in [6, 6.07) is 13.7. The third kappa shape index (κ3) is 5.01. The Kier molecular flexibility index (Phi) is 6.65. The van der Waals surface area contributed by atoms with E-state index < -0.39 is 24.4 Å². The van der Waals surface area contributed by atoms with Crippen LogP contribution >= 0.6 is 0 Å². The zero-order chi connectivity index (χ0) is 23.4. The second kappa shape index (κ2) is 9.79. The number of amides is 2. The fourth-order valence-electron chi connectivity index (χ4n) is 4.10.